The van der Waals surface area contributed by atoms with Gasteiger partial charge in [0.2, 0.25) is 5.91 Å². The number of hydrogen-bond donors (Lipinski definition) is 2. The molecule has 4 aliphatic rings. The van der Waals surface area contributed by atoms with Gasteiger partial charge < -0.3 is 5.32 Å². The summed E-state index contributed by atoms with van der Waals surface area (Å²) >= 11 is 0. The minimum atomic E-state index is 0.216. The van der Waals surface area contributed by atoms with Crippen molar-refractivity contribution in [3.63, 3.8) is 0 Å². The van der Waals surface area contributed by atoms with Gasteiger partial charge in [-0.15, -0.1) is 0 Å². The number of nitrogens with zero attached hydrogens (tertiary/aromatic N) is 1. The molecule has 2 N–H and O–H groups in total. The minimum absolute atomic E-state index is 0.216. The van der Waals surface area contributed by atoms with E-state index in [0.717, 1.165) is 17.7 Å². The zero-order valence-corrected chi connectivity index (χ0v) is 10.4. The van der Waals surface area contributed by atoms with Gasteiger partial charge in [0.05, 0.1) is 6.20 Å². The second-order valence-electron chi connectivity index (χ2n) is 6.42. The number of aromatic nitrogens is 2. The quantitative estimate of drug-likeness (QED) is 0.840. The first-order valence-electron chi connectivity index (χ1n) is 7.10. The molecule has 0 unspecified atom stereocenters. The summed E-state index contributed by atoms with van der Waals surface area (Å²) in [5, 5.41) is 9.67. The standard InChI is InChI=1S/C14H19N3O/c18-14(16-12-1-2-15-17-12)13-10-4-8-3-9(6-10)7-11(13)5-8/h1-2,8-11,13H,3-7H2,(H2,15,16,17,18). The molecular weight excluding hydrogens is 226 g/mol. The van der Waals surface area contributed by atoms with Crippen molar-refractivity contribution in [1.29, 1.82) is 0 Å². The molecule has 4 aliphatic carbocycles. The van der Waals surface area contributed by atoms with Gasteiger partial charge in [0.15, 0.2) is 0 Å². The third-order valence-electron chi connectivity index (χ3n) is 5.29. The Hall–Kier alpha value is -1.32. The fourth-order valence-electron chi connectivity index (χ4n) is 4.89. The molecule has 4 saturated carbocycles. The van der Waals surface area contributed by atoms with Gasteiger partial charge in [-0.1, -0.05) is 0 Å². The van der Waals surface area contributed by atoms with Crippen LogP contribution in [0.3, 0.4) is 0 Å². The molecule has 4 heteroatoms. The van der Waals surface area contributed by atoms with Crippen molar-refractivity contribution in [1.82, 2.24) is 10.2 Å². The van der Waals surface area contributed by atoms with Crippen molar-refractivity contribution in [2.45, 2.75) is 32.1 Å². The molecule has 4 fully saturated rings. The topological polar surface area (TPSA) is 57.8 Å². The van der Waals surface area contributed by atoms with Crippen LogP contribution in [0.2, 0.25) is 0 Å². The maximum absolute atomic E-state index is 12.4. The van der Waals surface area contributed by atoms with E-state index in [2.05, 4.69) is 15.5 Å². The molecule has 0 spiro atoms. The Morgan fingerprint density at radius 3 is 2.39 bits per heavy atom. The maximum Gasteiger partial charge on any atom is 0.229 e. The fourth-order valence-corrected chi connectivity index (χ4v) is 4.89. The minimum Gasteiger partial charge on any atom is -0.311 e. The first-order valence-corrected chi connectivity index (χ1v) is 7.10. The lowest BCUT2D eigenvalue weighted by Gasteiger charge is -2.53. The predicted octanol–water partition coefficient (Wildman–Crippen LogP) is 2.42. The van der Waals surface area contributed by atoms with Crippen LogP contribution in [0.25, 0.3) is 0 Å². The van der Waals surface area contributed by atoms with Gasteiger partial charge in [0.1, 0.15) is 5.82 Å². The van der Waals surface area contributed by atoms with Gasteiger partial charge in [-0.3, -0.25) is 9.89 Å². The van der Waals surface area contributed by atoms with Crippen molar-refractivity contribution in [3.05, 3.63) is 12.3 Å². The molecule has 1 aromatic rings. The van der Waals surface area contributed by atoms with E-state index in [4.69, 9.17) is 0 Å². The van der Waals surface area contributed by atoms with Crippen molar-refractivity contribution in [2.24, 2.45) is 29.6 Å². The van der Waals surface area contributed by atoms with E-state index < -0.39 is 0 Å². The Morgan fingerprint density at radius 2 is 1.83 bits per heavy atom. The number of anilines is 1. The summed E-state index contributed by atoms with van der Waals surface area (Å²) in [4.78, 5) is 12.4. The summed E-state index contributed by atoms with van der Waals surface area (Å²) in [6.45, 7) is 0. The Labute approximate surface area is 107 Å². The first-order chi connectivity index (χ1) is 8.79. The van der Waals surface area contributed by atoms with Crippen LogP contribution >= 0.6 is 0 Å². The molecular formula is C14H19N3O. The Balaban J connectivity index is 1.52. The number of aromatic amines is 1. The summed E-state index contributed by atoms with van der Waals surface area (Å²) < 4.78 is 0. The van der Waals surface area contributed by atoms with Crippen LogP contribution in [0.4, 0.5) is 5.82 Å². The van der Waals surface area contributed by atoms with Crippen LogP contribution < -0.4 is 5.32 Å². The molecule has 0 radical (unpaired) electrons. The zero-order chi connectivity index (χ0) is 12.1. The molecule has 96 valence electrons. The number of amides is 1. The number of rotatable bonds is 2. The van der Waals surface area contributed by atoms with E-state index in [1.54, 1.807) is 6.20 Å². The predicted molar refractivity (Wildman–Crippen MR) is 67.8 cm³/mol. The molecule has 0 saturated heterocycles. The molecule has 4 nitrogen and oxygen atoms in total. The second kappa shape index (κ2) is 3.84. The zero-order valence-electron chi connectivity index (χ0n) is 10.4. The molecule has 0 aromatic carbocycles. The summed E-state index contributed by atoms with van der Waals surface area (Å²) in [5.41, 5.74) is 0. The molecule has 18 heavy (non-hydrogen) atoms. The number of hydrogen-bond acceptors (Lipinski definition) is 2. The smallest absolute Gasteiger partial charge is 0.229 e. The average molecular weight is 245 g/mol. The summed E-state index contributed by atoms with van der Waals surface area (Å²) in [6, 6.07) is 1.81. The van der Waals surface area contributed by atoms with Gasteiger partial charge >= 0.3 is 0 Å². The van der Waals surface area contributed by atoms with Crippen LogP contribution in [0.5, 0.6) is 0 Å². The van der Waals surface area contributed by atoms with E-state index in [0.29, 0.717) is 11.8 Å². The molecule has 4 bridgehead atoms. The first kappa shape index (κ1) is 10.6. The summed E-state index contributed by atoms with van der Waals surface area (Å²) in [5.74, 6) is 4.32. The third kappa shape index (κ3) is 1.58. The molecule has 0 atom stereocenters. The Kier molecular flexibility index (Phi) is 2.26. The van der Waals surface area contributed by atoms with Crippen molar-refractivity contribution in [3.8, 4) is 0 Å². The molecule has 1 aromatic heterocycles. The van der Waals surface area contributed by atoms with Crippen LogP contribution in [-0.4, -0.2) is 16.1 Å². The van der Waals surface area contributed by atoms with Gasteiger partial charge in [-0.25, -0.2) is 0 Å². The highest BCUT2D eigenvalue weighted by molar-refractivity contribution is 5.92. The normalized spacial score (nSPS) is 41.0. The van der Waals surface area contributed by atoms with E-state index in [1.807, 2.05) is 6.07 Å². The van der Waals surface area contributed by atoms with Gasteiger partial charge in [-0.05, 0) is 55.8 Å². The van der Waals surface area contributed by atoms with Crippen molar-refractivity contribution >= 4 is 11.7 Å². The third-order valence-corrected chi connectivity index (χ3v) is 5.29. The van der Waals surface area contributed by atoms with E-state index >= 15 is 0 Å². The number of carbonyl (C=O) groups is 1. The summed E-state index contributed by atoms with van der Waals surface area (Å²) in [7, 11) is 0. The molecule has 1 heterocycles. The SMILES string of the molecule is O=C(Nc1ccn[nH]1)C1C2CC3CC(C2)CC1C3. The lowest BCUT2D eigenvalue weighted by atomic mass is 9.51. The number of carbonyl (C=O) groups excluding carboxylic acids is 1. The van der Waals surface area contributed by atoms with E-state index in [9.17, 15) is 4.79 Å². The van der Waals surface area contributed by atoms with Crippen molar-refractivity contribution < 1.29 is 4.79 Å². The largest absolute Gasteiger partial charge is 0.311 e. The average Bonchev–Trinajstić information content (AvgIpc) is 2.80. The van der Waals surface area contributed by atoms with Crippen LogP contribution in [0.15, 0.2) is 12.3 Å². The van der Waals surface area contributed by atoms with Gasteiger partial charge in [0, 0.05) is 12.0 Å². The molecule has 5 rings (SSSR count). The lowest BCUT2D eigenvalue weighted by molar-refractivity contribution is -0.132. The van der Waals surface area contributed by atoms with E-state index in [1.165, 1.54) is 32.1 Å². The number of nitrogens with one attached hydrogen (secondary N) is 2. The monoisotopic (exact) mass is 245 g/mol. The van der Waals surface area contributed by atoms with Crippen LogP contribution in [0.1, 0.15) is 32.1 Å². The highest BCUT2D eigenvalue weighted by Gasteiger charge is 2.50. The Morgan fingerprint density at radius 1 is 1.17 bits per heavy atom. The summed E-state index contributed by atoms with van der Waals surface area (Å²) in [6.07, 6.45) is 8.25. The van der Waals surface area contributed by atoms with Crippen LogP contribution in [-0.2, 0) is 4.79 Å². The molecule has 1 amide bonds. The second-order valence-corrected chi connectivity index (χ2v) is 6.42. The Bertz CT molecular complexity index is 426. The highest BCUT2D eigenvalue weighted by Crippen LogP contribution is 2.56. The van der Waals surface area contributed by atoms with Crippen LogP contribution in [0, 0.1) is 29.6 Å². The lowest BCUT2D eigenvalue weighted by Crippen LogP contribution is -2.49. The van der Waals surface area contributed by atoms with Crippen molar-refractivity contribution in [2.75, 3.05) is 5.32 Å². The van der Waals surface area contributed by atoms with E-state index in [-0.39, 0.29) is 11.8 Å². The van der Waals surface area contributed by atoms with Gasteiger partial charge in [0.25, 0.3) is 0 Å². The fraction of sp³-hybridized carbons (Fsp3) is 0.714. The van der Waals surface area contributed by atoms with Gasteiger partial charge in [-0.2, -0.15) is 5.10 Å². The highest BCUT2D eigenvalue weighted by atomic mass is 16.2. The maximum atomic E-state index is 12.4. The molecule has 0 aliphatic heterocycles. The number of H-pyrrole nitrogens is 1.